The normalized spacial score (nSPS) is 21.2. The minimum atomic E-state index is -0.846. The van der Waals surface area contributed by atoms with E-state index >= 15 is 0 Å². The van der Waals surface area contributed by atoms with E-state index in [9.17, 15) is 27.6 Å². The van der Waals surface area contributed by atoms with Gasteiger partial charge in [0.1, 0.15) is 29.7 Å². The van der Waals surface area contributed by atoms with Crippen LogP contribution in [-0.4, -0.2) is 70.0 Å². The molecule has 0 saturated carbocycles. The Labute approximate surface area is 213 Å². The summed E-state index contributed by atoms with van der Waals surface area (Å²) in [6.45, 7) is 3.59. The van der Waals surface area contributed by atoms with Crippen molar-refractivity contribution in [2.75, 3.05) is 20.1 Å². The summed E-state index contributed by atoms with van der Waals surface area (Å²) in [5.41, 5.74) is 0.820. The van der Waals surface area contributed by atoms with E-state index in [0.29, 0.717) is 12.0 Å². The Morgan fingerprint density at radius 3 is 2.41 bits per heavy atom. The molecule has 2 fully saturated rings. The average Bonchev–Trinajstić information content (AvgIpc) is 2.85. The zero-order valence-corrected chi connectivity index (χ0v) is 21.0. The van der Waals surface area contributed by atoms with Crippen LogP contribution in [0.25, 0.3) is 0 Å². The number of nitrogens with one attached hydrogen (secondary N) is 1. The average molecular weight is 518 g/mol. The number of halogens is 3. The fourth-order valence-electron chi connectivity index (χ4n) is 4.85. The zero-order valence-electron chi connectivity index (χ0n) is 21.0. The summed E-state index contributed by atoms with van der Waals surface area (Å²) >= 11 is 0. The number of carbonyl (C=O) groups excluding carboxylic acids is 3. The molecule has 0 aliphatic carbocycles. The summed E-state index contributed by atoms with van der Waals surface area (Å²) in [7, 11) is 1.60. The first-order valence-corrected chi connectivity index (χ1v) is 12.2. The molecule has 8 nitrogen and oxygen atoms in total. The Bertz CT molecular complexity index is 1180. The Kier molecular flexibility index (Phi) is 7.72. The molecular formula is C26H30F3N5O3. The topological polar surface area (TPSA) is 76.2 Å². The van der Waals surface area contributed by atoms with E-state index in [2.05, 4.69) is 5.32 Å². The van der Waals surface area contributed by atoms with Crippen LogP contribution in [0.2, 0.25) is 0 Å². The molecule has 4 amide bonds. The minimum absolute atomic E-state index is 0.0529. The molecule has 0 bridgehead atoms. The minimum Gasteiger partial charge on any atom is -0.333 e. The number of fused-ring (bicyclic) bond motifs is 1. The van der Waals surface area contributed by atoms with Crippen LogP contribution in [0.1, 0.15) is 31.4 Å². The highest BCUT2D eigenvalue weighted by Crippen LogP contribution is 2.31. The van der Waals surface area contributed by atoms with Crippen molar-refractivity contribution in [2.45, 2.75) is 45.6 Å². The third-order valence-corrected chi connectivity index (χ3v) is 7.00. The lowest BCUT2D eigenvalue weighted by atomic mass is 9.92. The molecule has 2 aromatic carbocycles. The summed E-state index contributed by atoms with van der Waals surface area (Å²) < 4.78 is 41.1. The monoisotopic (exact) mass is 517 g/mol. The first-order valence-electron chi connectivity index (χ1n) is 12.2. The number of likely N-dealkylation sites (N-methyl/N-ethyl adjacent to an activating group) is 1. The van der Waals surface area contributed by atoms with Crippen LogP contribution < -0.4 is 5.32 Å². The molecule has 198 valence electrons. The number of urea groups is 1. The maximum absolute atomic E-state index is 14.5. The summed E-state index contributed by atoms with van der Waals surface area (Å²) in [6.07, 6.45) is -0.238. The molecule has 37 heavy (non-hydrogen) atoms. The number of piperazine rings is 1. The second-order valence-corrected chi connectivity index (χ2v) is 9.51. The molecule has 0 spiro atoms. The largest absolute Gasteiger partial charge is 0.334 e. The van der Waals surface area contributed by atoms with Crippen LogP contribution in [0.4, 0.5) is 18.0 Å². The number of amides is 4. The predicted molar refractivity (Wildman–Crippen MR) is 129 cm³/mol. The van der Waals surface area contributed by atoms with Gasteiger partial charge in [0.2, 0.25) is 11.8 Å². The zero-order chi connectivity index (χ0) is 26.9. The van der Waals surface area contributed by atoms with E-state index < -0.39 is 29.9 Å². The first kappa shape index (κ1) is 26.5. The van der Waals surface area contributed by atoms with Gasteiger partial charge in [0.05, 0.1) is 13.1 Å². The second kappa shape index (κ2) is 10.8. The standard InChI is InChI=1S/C26H30F3N5O3/c1-4-16(2)24-25(36)32(13-18-7-10-20(28)11-21(18)29)14-22-33(24)23(35)15-31(3)34(22)26(37)30-12-17-5-8-19(27)9-6-17/h5-11,16,22,24H,4,12-15H2,1-3H3,(H,30,37)/t16?,22-,24-/m0/s1. The Morgan fingerprint density at radius 2 is 1.76 bits per heavy atom. The van der Waals surface area contributed by atoms with Crippen molar-refractivity contribution < 1.29 is 27.6 Å². The van der Waals surface area contributed by atoms with Crippen molar-refractivity contribution in [1.29, 1.82) is 0 Å². The number of hydrazine groups is 1. The third-order valence-electron chi connectivity index (χ3n) is 7.00. The van der Waals surface area contributed by atoms with E-state index in [1.54, 1.807) is 19.2 Å². The number of hydrogen-bond acceptors (Lipinski definition) is 4. The highest BCUT2D eigenvalue weighted by Gasteiger charge is 2.51. The van der Waals surface area contributed by atoms with Gasteiger partial charge in [-0.25, -0.2) is 28.0 Å². The molecule has 2 aliphatic heterocycles. The van der Waals surface area contributed by atoms with Crippen molar-refractivity contribution in [3.63, 3.8) is 0 Å². The van der Waals surface area contributed by atoms with Gasteiger partial charge < -0.3 is 15.1 Å². The van der Waals surface area contributed by atoms with Gasteiger partial charge in [-0.1, -0.05) is 38.5 Å². The van der Waals surface area contributed by atoms with Gasteiger partial charge in [0, 0.05) is 31.8 Å². The summed E-state index contributed by atoms with van der Waals surface area (Å²) in [5.74, 6) is -2.76. The number of benzene rings is 2. The second-order valence-electron chi connectivity index (χ2n) is 9.51. The van der Waals surface area contributed by atoms with Gasteiger partial charge in [-0.15, -0.1) is 0 Å². The molecule has 2 aliphatic rings. The molecular weight excluding hydrogens is 487 g/mol. The van der Waals surface area contributed by atoms with E-state index in [1.165, 1.54) is 38.0 Å². The van der Waals surface area contributed by atoms with Crippen LogP contribution in [0.15, 0.2) is 42.5 Å². The van der Waals surface area contributed by atoms with Crippen LogP contribution in [0, 0.1) is 23.4 Å². The van der Waals surface area contributed by atoms with Crippen molar-refractivity contribution in [2.24, 2.45) is 5.92 Å². The highest BCUT2D eigenvalue weighted by atomic mass is 19.1. The molecule has 1 unspecified atom stereocenters. The number of nitrogens with zero attached hydrogens (tertiary/aromatic N) is 4. The Morgan fingerprint density at radius 1 is 1.08 bits per heavy atom. The van der Waals surface area contributed by atoms with Gasteiger partial charge >= 0.3 is 6.03 Å². The molecule has 2 heterocycles. The van der Waals surface area contributed by atoms with Crippen molar-refractivity contribution in [1.82, 2.24) is 25.1 Å². The lowest BCUT2D eigenvalue weighted by Gasteiger charge is -2.55. The smallest absolute Gasteiger partial charge is 0.333 e. The highest BCUT2D eigenvalue weighted by molar-refractivity contribution is 5.91. The van der Waals surface area contributed by atoms with Crippen LogP contribution >= 0.6 is 0 Å². The fraction of sp³-hybridized carbons (Fsp3) is 0.423. The molecule has 2 aromatic rings. The SMILES string of the molecule is CCC(C)[C@H]1C(=O)N(Cc2ccc(F)cc2F)C[C@H]2N1C(=O)CN(C)N2C(=O)NCc1ccc(F)cc1. The maximum Gasteiger partial charge on any atom is 0.334 e. The number of hydrogen-bond donors (Lipinski definition) is 1. The lowest BCUT2D eigenvalue weighted by molar-refractivity contribution is -0.191. The van der Waals surface area contributed by atoms with Gasteiger partial charge in [-0.2, -0.15) is 0 Å². The number of rotatable bonds is 6. The summed E-state index contributed by atoms with van der Waals surface area (Å²) in [5, 5.41) is 5.67. The molecule has 11 heteroatoms. The summed E-state index contributed by atoms with van der Waals surface area (Å²) in [4.78, 5) is 43.0. The summed E-state index contributed by atoms with van der Waals surface area (Å²) in [6, 6.07) is 7.53. The van der Waals surface area contributed by atoms with Gasteiger partial charge in [-0.3, -0.25) is 9.59 Å². The quantitative estimate of drug-likeness (QED) is 0.639. The molecule has 4 rings (SSSR count). The Hall–Kier alpha value is -3.60. The van der Waals surface area contributed by atoms with Crippen LogP contribution in [-0.2, 0) is 22.7 Å². The first-order chi connectivity index (χ1) is 17.6. The van der Waals surface area contributed by atoms with E-state index in [1.807, 2.05) is 13.8 Å². The van der Waals surface area contributed by atoms with Gasteiger partial charge in [-0.05, 0) is 29.7 Å². The predicted octanol–water partition coefficient (Wildman–Crippen LogP) is 3.09. The van der Waals surface area contributed by atoms with Gasteiger partial charge in [0.25, 0.3) is 0 Å². The van der Waals surface area contributed by atoms with Crippen LogP contribution in [0.5, 0.6) is 0 Å². The molecule has 1 N–H and O–H groups in total. The van der Waals surface area contributed by atoms with E-state index in [-0.39, 0.29) is 55.3 Å². The maximum atomic E-state index is 14.5. The van der Waals surface area contributed by atoms with Crippen LogP contribution in [0.3, 0.4) is 0 Å². The third kappa shape index (κ3) is 5.41. The van der Waals surface area contributed by atoms with E-state index in [4.69, 9.17) is 0 Å². The Balaban J connectivity index is 1.63. The lowest BCUT2D eigenvalue weighted by Crippen LogP contribution is -2.76. The number of carbonyl (C=O) groups is 3. The molecule has 3 atom stereocenters. The molecule has 0 radical (unpaired) electrons. The van der Waals surface area contributed by atoms with Crippen molar-refractivity contribution in [3.05, 3.63) is 71.0 Å². The molecule has 2 saturated heterocycles. The van der Waals surface area contributed by atoms with Crippen molar-refractivity contribution in [3.8, 4) is 0 Å². The fourth-order valence-corrected chi connectivity index (χ4v) is 4.85. The van der Waals surface area contributed by atoms with Gasteiger partial charge in [0.15, 0.2) is 0 Å². The van der Waals surface area contributed by atoms with Crippen molar-refractivity contribution >= 4 is 17.8 Å². The van der Waals surface area contributed by atoms with E-state index in [0.717, 1.165) is 12.1 Å². The molecule has 0 aromatic heterocycles.